The molecule has 9 heteroatoms. The molecule has 1 atom stereocenters. The first kappa shape index (κ1) is 19.8. The highest BCUT2D eigenvalue weighted by Crippen LogP contribution is 2.08. The van der Waals surface area contributed by atoms with Crippen LogP contribution in [0.15, 0.2) is 0 Å². The topological polar surface area (TPSA) is 120 Å². The van der Waals surface area contributed by atoms with E-state index in [1.807, 2.05) is 19.9 Å². The number of hydrogen-bond acceptors (Lipinski definition) is 5. The highest BCUT2D eigenvalue weighted by molar-refractivity contribution is 7.87. The zero-order valence-electron chi connectivity index (χ0n) is 12.6. The second kappa shape index (κ2) is 9.68. The maximum atomic E-state index is 12.2. The molecule has 0 saturated heterocycles. The maximum absolute atomic E-state index is 12.2. The van der Waals surface area contributed by atoms with E-state index in [0.717, 1.165) is 4.31 Å². The molecule has 0 amide bonds. The number of ether oxygens (including phenoxy) is 1. The first-order chi connectivity index (χ1) is 9.74. The van der Waals surface area contributed by atoms with Gasteiger partial charge in [0.1, 0.15) is 6.04 Å². The van der Waals surface area contributed by atoms with Crippen molar-refractivity contribution in [2.75, 3.05) is 26.8 Å². The molecule has 0 spiro atoms. The molecule has 1 unspecified atom stereocenters. The zero-order chi connectivity index (χ0) is 16.5. The van der Waals surface area contributed by atoms with Gasteiger partial charge in [0.2, 0.25) is 0 Å². The molecule has 0 aromatic carbocycles. The fourth-order valence-electron chi connectivity index (χ4n) is 1.65. The summed E-state index contributed by atoms with van der Waals surface area (Å²) in [5.74, 6) is -1.19. The molecule has 0 aromatic heterocycles. The number of nitrogens with zero attached hydrogens (tertiary/aromatic N) is 2. The van der Waals surface area contributed by atoms with E-state index in [1.165, 1.54) is 7.11 Å². The van der Waals surface area contributed by atoms with Gasteiger partial charge in [-0.15, -0.1) is 0 Å². The summed E-state index contributed by atoms with van der Waals surface area (Å²) < 4.78 is 32.5. The van der Waals surface area contributed by atoms with Gasteiger partial charge in [0.15, 0.2) is 0 Å². The largest absolute Gasteiger partial charge is 0.480 e. The minimum Gasteiger partial charge on any atom is -0.480 e. The Bertz CT molecular complexity index is 458. The van der Waals surface area contributed by atoms with Crippen molar-refractivity contribution in [1.82, 2.24) is 9.03 Å². The lowest BCUT2D eigenvalue weighted by Crippen LogP contribution is -2.49. The normalized spacial score (nSPS) is 13.3. The second-order valence-electron chi connectivity index (χ2n) is 4.94. The third-order valence-corrected chi connectivity index (χ3v) is 4.28. The van der Waals surface area contributed by atoms with Crippen LogP contribution in [0, 0.1) is 17.2 Å². The quantitative estimate of drug-likeness (QED) is 0.560. The second-order valence-corrected chi connectivity index (χ2v) is 6.65. The monoisotopic (exact) mass is 321 g/mol. The lowest BCUT2D eigenvalue weighted by atomic mass is 10.1. The molecule has 0 aliphatic heterocycles. The van der Waals surface area contributed by atoms with Gasteiger partial charge in [-0.2, -0.15) is 22.7 Å². The molecule has 0 bridgehead atoms. The summed E-state index contributed by atoms with van der Waals surface area (Å²) in [6, 6.07) is 0.671. The van der Waals surface area contributed by atoms with E-state index in [4.69, 9.17) is 15.1 Å². The summed E-state index contributed by atoms with van der Waals surface area (Å²) >= 11 is 0. The maximum Gasteiger partial charge on any atom is 0.321 e. The molecule has 0 rings (SSSR count). The van der Waals surface area contributed by atoms with Gasteiger partial charge < -0.3 is 9.84 Å². The smallest absolute Gasteiger partial charge is 0.321 e. The number of aliphatic carboxylic acids is 1. The first-order valence-electron chi connectivity index (χ1n) is 6.60. The molecule has 2 N–H and O–H groups in total. The summed E-state index contributed by atoms with van der Waals surface area (Å²) in [7, 11) is -2.55. The average Bonchev–Trinajstić information content (AvgIpc) is 2.36. The third-order valence-electron chi connectivity index (χ3n) is 2.65. The Morgan fingerprint density at radius 2 is 2.05 bits per heavy atom. The Morgan fingerprint density at radius 3 is 2.48 bits per heavy atom. The summed E-state index contributed by atoms with van der Waals surface area (Å²) in [6.07, 6.45) is 0.206. The lowest BCUT2D eigenvalue weighted by molar-refractivity contribution is -0.139. The number of hydrogen-bond donors (Lipinski definition) is 2. The van der Waals surface area contributed by atoms with E-state index in [1.54, 1.807) is 0 Å². The van der Waals surface area contributed by atoms with Crippen LogP contribution in [0.2, 0.25) is 0 Å². The summed E-state index contributed by atoms with van der Waals surface area (Å²) in [4.78, 5) is 11.1. The van der Waals surface area contributed by atoms with Crippen molar-refractivity contribution < 1.29 is 23.1 Å². The van der Waals surface area contributed by atoms with E-state index in [-0.39, 0.29) is 38.5 Å². The molecule has 0 heterocycles. The van der Waals surface area contributed by atoms with E-state index in [0.29, 0.717) is 0 Å². The van der Waals surface area contributed by atoms with Gasteiger partial charge in [0.05, 0.1) is 12.7 Å². The molecule has 0 saturated carbocycles. The van der Waals surface area contributed by atoms with Crippen LogP contribution in [0.4, 0.5) is 0 Å². The molecular weight excluding hydrogens is 298 g/mol. The van der Waals surface area contributed by atoms with Gasteiger partial charge in [-0.25, -0.2) is 0 Å². The number of carboxylic acids is 1. The minimum atomic E-state index is -3.99. The minimum absolute atomic E-state index is 0.0107. The molecule has 0 aliphatic rings. The summed E-state index contributed by atoms with van der Waals surface area (Å²) in [5, 5.41) is 17.7. The Morgan fingerprint density at radius 1 is 1.43 bits per heavy atom. The zero-order valence-corrected chi connectivity index (χ0v) is 13.4. The van der Waals surface area contributed by atoms with Crippen molar-refractivity contribution in [3.05, 3.63) is 0 Å². The molecule has 0 aliphatic carbocycles. The van der Waals surface area contributed by atoms with Crippen LogP contribution in [0.5, 0.6) is 0 Å². The predicted octanol–water partition coefficient (Wildman–Crippen LogP) is 0.182. The molecule has 122 valence electrons. The lowest BCUT2D eigenvalue weighted by Gasteiger charge is -2.24. The number of carboxylic acid groups (broad SMARTS) is 1. The predicted molar refractivity (Wildman–Crippen MR) is 76.6 cm³/mol. The van der Waals surface area contributed by atoms with E-state index in [2.05, 4.69) is 4.72 Å². The number of nitriles is 1. The van der Waals surface area contributed by atoms with Crippen LogP contribution < -0.4 is 4.72 Å². The number of methoxy groups -OCH3 is 1. The fraction of sp³-hybridized carbons (Fsp3) is 0.833. The van der Waals surface area contributed by atoms with Crippen molar-refractivity contribution in [3.63, 3.8) is 0 Å². The summed E-state index contributed by atoms with van der Waals surface area (Å²) in [5.41, 5.74) is 0. The first-order valence-corrected chi connectivity index (χ1v) is 8.04. The van der Waals surface area contributed by atoms with Crippen LogP contribution in [0.3, 0.4) is 0 Å². The van der Waals surface area contributed by atoms with Crippen LogP contribution in [-0.4, -0.2) is 56.6 Å². The fourth-order valence-corrected chi connectivity index (χ4v) is 3.00. The molecule has 0 fully saturated rings. The van der Waals surface area contributed by atoms with Crippen LogP contribution in [-0.2, 0) is 19.7 Å². The van der Waals surface area contributed by atoms with Crippen molar-refractivity contribution in [2.24, 2.45) is 5.92 Å². The van der Waals surface area contributed by atoms with E-state index in [9.17, 15) is 13.2 Å². The molecule has 8 nitrogen and oxygen atoms in total. The standard InChI is InChI=1S/C12H23N3O5S/c1-10(2)9-11(12(16)17)14-21(18,19)15(6-4-5-13)7-8-20-3/h10-11,14H,4,6-9H2,1-3H3,(H,16,17). The molecule has 21 heavy (non-hydrogen) atoms. The average molecular weight is 321 g/mol. The van der Waals surface area contributed by atoms with Crippen molar-refractivity contribution in [3.8, 4) is 6.07 Å². The van der Waals surface area contributed by atoms with Crippen molar-refractivity contribution in [1.29, 1.82) is 5.26 Å². The van der Waals surface area contributed by atoms with Crippen LogP contribution in [0.1, 0.15) is 26.7 Å². The van der Waals surface area contributed by atoms with Gasteiger partial charge in [-0.1, -0.05) is 13.8 Å². The molecular formula is C12H23N3O5S. The molecule has 0 radical (unpaired) electrons. The third kappa shape index (κ3) is 7.96. The Labute approximate surface area is 125 Å². The number of nitrogens with one attached hydrogen (secondary N) is 1. The summed E-state index contributed by atoms with van der Waals surface area (Å²) in [6.45, 7) is 3.82. The number of rotatable bonds is 11. The molecule has 0 aromatic rings. The van der Waals surface area contributed by atoms with Gasteiger partial charge in [0, 0.05) is 26.6 Å². The van der Waals surface area contributed by atoms with Gasteiger partial charge in [-0.05, 0) is 12.3 Å². The van der Waals surface area contributed by atoms with Gasteiger partial charge in [0.25, 0.3) is 10.2 Å². The van der Waals surface area contributed by atoms with Crippen molar-refractivity contribution >= 4 is 16.2 Å². The SMILES string of the molecule is COCCN(CCC#N)S(=O)(=O)NC(CC(C)C)C(=O)O. The van der Waals surface area contributed by atoms with Crippen LogP contribution >= 0.6 is 0 Å². The Balaban J connectivity index is 4.99. The Kier molecular flexibility index (Phi) is 9.12. The van der Waals surface area contributed by atoms with Gasteiger partial charge in [-0.3, -0.25) is 4.79 Å². The highest BCUT2D eigenvalue weighted by atomic mass is 32.2. The van der Waals surface area contributed by atoms with Crippen molar-refractivity contribution in [2.45, 2.75) is 32.7 Å². The van der Waals surface area contributed by atoms with E-state index < -0.39 is 22.2 Å². The highest BCUT2D eigenvalue weighted by Gasteiger charge is 2.29. The van der Waals surface area contributed by atoms with Crippen LogP contribution in [0.25, 0.3) is 0 Å². The van der Waals surface area contributed by atoms with E-state index >= 15 is 0 Å². The number of carbonyl (C=O) groups is 1. The Hall–Kier alpha value is -1.21. The van der Waals surface area contributed by atoms with Gasteiger partial charge >= 0.3 is 5.97 Å².